The normalized spacial score (nSPS) is 12.2. The van der Waals surface area contributed by atoms with Crippen LogP contribution in [0.5, 0.6) is 0 Å². The predicted molar refractivity (Wildman–Crippen MR) is 82.2 cm³/mol. The summed E-state index contributed by atoms with van der Waals surface area (Å²) in [5, 5.41) is 2.84. The van der Waals surface area contributed by atoms with Gasteiger partial charge in [-0.05, 0) is 30.4 Å². The lowest BCUT2D eigenvalue weighted by molar-refractivity contribution is 0.0946. The van der Waals surface area contributed by atoms with Crippen molar-refractivity contribution in [2.75, 3.05) is 6.54 Å². The Morgan fingerprint density at radius 1 is 1.35 bits per heavy atom. The monoisotopic (exact) mass is 278 g/mol. The summed E-state index contributed by atoms with van der Waals surface area (Å²) < 4.78 is 0. The number of carbonyl (C=O) groups excluding carboxylic acids is 1. The van der Waals surface area contributed by atoms with E-state index in [2.05, 4.69) is 31.1 Å². The number of amides is 1. The van der Waals surface area contributed by atoms with E-state index < -0.39 is 0 Å². The van der Waals surface area contributed by atoms with Crippen LogP contribution in [-0.4, -0.2) is 17.4 Å². The molecule has 1 heterocycles. The standard InChI is InChI=1S/C16H26N2O2/c1-5-8-12-9-13(16(20)18-14(12)7-3)15(19)17-10-11(4)6-2/h9,11H,5-8,10H2,1-4H3,(H,17,19)(H,18,20)/t11-/m1/s1. The van der Waals surface area contributed by atoms with E-state index >= 15 is 0 Å². The minimum atomic E-state index is -0.289. The molecule has 1 aromatic rings. The van der Waals surface area contributed by atoms with Crippen LogP contribution in [-0.2, 0) is 12.8 Å². The summed E-state index contributed by atoms with van der Waals surface area (Å²) in [5.41, 5.74) is 1.95. The molecule has 0 aliphatic carbocycles. The molecule has 0 bridgehead atoms. The lowest BCUT2D eigenvalue weighted by Gasteiger charge is -2.12. The Balaban J connectivity index is 2.96. The van der Waals surface area contributed by atoms with E-state index in [1.807, 2.05) is 6.92 Å². The Kier molecular flexibility index (Phi) is 6.49. The van der Waals surface area contributed by atoms with Gasteiger partial charge in [0.05, 0.1) is 0 Å². The van der Waals surface area contributed by atoms with Crippen LogP contribution in [0.2, 0.25) is 0 Å². The van der Waals surface area contributed by atoms with E-state index in [9.17, 15) is 9.59 Å². The fourth-order valence-corrected chi connectivity index (χ4v) is 2.09. The zero-order valence-corrected chi connectivity index (χ0v) is 13.0. The molecule has 4 heteroatoms. The average molecular weight is 278 g/mol. The fourth-order valence-electron chi connectivity index (χ4n) is 2.09. The van der Waals surface area contributed by atoms with E-state index in [0.717, 1.165) is 36.9 Å². The molecule has 0 saturated heterocycles. The van der Waals surface area contributed by atoms with Crippen LogP contribution in [0.4, 0.5) is 0 Å². The number of hydrogen-bond donors (Lipinski definition) is 2. The molecule has 1 atom stereocenters. The molecular weight excluding hydrogens is 252 g/mol. The summed E-state index contributed by atoms with van der Waals surface area (Å²) in [5.74, 6) is 0.148. The summed E-state index contributed by atoms with van der Waals surface area (Å²) in [6, 6.07) is 1.76. The number of pyridine rings is 1. The largest absolute Gasteiger partial charge is 0.352 e. The van der Waals surface area contributed by atoms with E-state index in [1.165, 1.54) is 0 Å². The first-order chi connectivity index (χ1) is 9.53. The highest BCUT2D eigenvalue weighted by Gasteiger charge is 2.14. The van der Waals surface area contributed by atoms with Crippen LogP contribution in [0.15, 0.2) is 10.9 Å². The number of aryl methyl sites for hydroxylation is 2. The highest BCUT2D eigenvalue weighted by Crippen LogP contribution is 2.10. The van der Waals surface area contributed by atoms with Crippen LogP contribution in [0.1, 0.15) is 62.2 Å². The number of carbonyl (C=O) groups is 1. The van der Waals surface area contributed by atoms with Crippen molar-refractivity contribution < 1.29 is 4.79 Å². The minimum Gasteiger partial charge on any atom is -0.352 e. The second kappa shape index (κ2) is 7.88. The van der Waals surface area contributed by atoms with Crippen LogP contribution in [0, 0.1) is 5.92 Å². The number of aromatic amines is 1. The van der Waals surface area contributed by atoms with Crippen molar-refractivity contribution >= 4 is 5.91 Å². The maximum atomic E-state index is 12.1. The van der Waals surface area contributed by atoms with Crippen LogP contribution >= 0.6 is 0 Å². The number of hydrogen-bond acceptors (Lipinski definition) is 2. The second-order valence-corrected chi connectivity index (χ2v) is 5.34. The van der Waals surface area contributed by atoms with Gasteiger partial charge in [-0.15, -0.1) is 0 Å². The van der Waals surface area contributed by atoms with Crippen molar-refractivity contribution in [2.45, 2.75) is 53.4 Å². The zero-order chi connectivity index (χ0) is 15.1. The van der Waals surface area contributed by atoms with Crippen LogP contribution in [0.25, 0.3) is 0 Å². The maximum absolute atomic E-state index is 12.1. The third kappa shape index (κ3) is 4.22. The second-order valence-electron chi connectivity index (χ2n) is 5.34. The number of H-pyrrole nitrogens is 1. The lowest BCUT2D eigenvalue weighted by Crippen LogP contribution is -2.33. The number of aromatic nitrogens is 1. The summed E-state index contributed by atoms with van der Waals surface area (Å²) in [7, 11) is 0. The maximum Gasteiger partial charge on any atom is 0.261 e. The Labute approximate surface area is 121 Å². The molecule has 0 spiro atoms. The highest BCUT2D eigenvalue weighted by atomic mass is 16.2. The third-order valence-electron chi connectivity index (χ3n) is 3.64. The van der Waals surface area contributed by atoms with Gasteiger partial charge >= 0.3 is 0 Å². The molecule has 1 amide bonds. The Bertz CT molecular complexity index is 506. The van der Waals surface area contributed by atoms with Crippen molar-refractivity contribution in [3.8, 4) is 0 Å². The van der Waals surface area contributed by atoms with Gasteiger partial charge in [0.1, 0.15) is 5.56 Å². The Hall–Kier alpha value is -1.58. The predicted octanol–water partition coefficient (Wildman–Crippen LogP) is 2.67. The van der Waals surface area contributed by atoms with E-state index in [4.69, 9.17) is 0 Å². The van der Waals surface area contributed by atoms with Gasteiger partial charge in [0.25, 0.3) is 11.5 Å². The first-order valence-corrected chi connectivity index (χ1v) is 7.56. The van der Waals surface area contributed by atoms with Crippen LogP contribution < -0.4 is 10.9 Å². The fraction of sp³-hybridized carbons (Fsp3) is 0.625. The van der Waals surface area contributed by atoms with Crippen molar-refractivity contribution in [3.05, 3.63) is 33.2 Å². The number of nitrogens with one attached hydrogen (secondary N) is 2. The van der Waals surface area contributed by atoms with Gasteiger partial charge in [-0.2, -0.15) is 0 Å². The van der Waals surface area contributed by atoms with Gasteiger partial charge in [-0.25, -0.2) is 0 Å². The average Bonchev–Trinajstić information content (AvgIpc) is 2.45. The molecule has 1 aromatic heterocycles. The molecule has 0 fully saturated rings. The molecular formula is C16H26N2O2. The highest BCUT2D eigenvalue weighted by molar-refractivity contribution is 5.94. The SMILES string of the molecule is CCCc1cc(C(=O)NC[C@H](C)CC)c(=O)[nH]c1CC. The molecule has 2 N–H and O–H groups in total. The summed E-state index contributed by atoms with van der Waals surface area (Å²) >= 11 is 0. The first-order valence-electron chi connectivity index (χ1n) is 7.56. The van der Waals surface area contributed by atoms with Crippen molar-refractivity contribution in [2.24, 2.45) is 5.92 Å². The summed E-state index contributed by atoms with van der Waals surface area (Å²) in [4.78, 5) is 27.0. The molecule has 0 aliphatic rings. The molecule has 0 unspecified atom stereocenters. The van der Waals surface area contributed by atoms with Gasteiger partial charge < -0.3 is 10.3 Å². The van der Waals surface area contributed by atoms with Gasteiger partial charge in [0, 0.05) is 12.2 Å². The third-order valence-corrected chi connectivity index (χ3v) is 3.64. The van der Waals surface area contributed by atoms with Crippen molar-refractivity contribution in [1.82, 2.24) is 10.3 Å². The molecule has 20 heavy (non-hydrogen) atoms. The molecule has 112 valence electrons. The topological polar surface area (TPSA) is 62.0 Å². The Morgan fingerprint density at radius 2 is 2.05 bits per heavy atom. The minimum absolute atomic E-state index is 0.231. The quantitative estimate of drug-likeness (QED) is 0.805. The molecule has 4 nitrogen and oxygen atoms in total. The first kappa shape index (κ1) is 16.5. The van der Waals surface area contributed by atoms with E-state index in [0.29, 0.717) is 12.5 Å². The molecule has 0 radical (unpaired) electrons. The van der Waals surface area contributed by atoms with Gasteiger partial charge in [-0.1, -0.05) is 40.5 Å². The van der Waals surface area contributed by atoms with Gasteiger partial charge in [0.15, 0.2) is 0 Å². The summed E-state index contributed by atoms with van der Waals surface area (Å²) in [6.45, 7) is 8.86. The molecule has 0 saturated carbocycles. The molecule has 0 aliphatic heterocycles. The van der Waals surface area contributed by atoms with E-state index in [-0.39, 0.29) is 17.0 Å². The number of rotatable bonds is 7. The van der Waals surface area contributed by atoms with Crippen molar-refractivity contribution in [1.29, 1.82) is 0 Å². The van der Waals surface area contributed by atoms with Crippen LogP contribution in [0.3, 0.4) is 0 Å². The molecule has 0 aromatic carbocycles. The zero-order valence-electron chi connectivity index (χ0n) is 13.0. The van der Waals surface area contributed by atoms with Crippen molar-refractivity contribution in [3.63, 3.8) is 0 Å². The van der Waals surface area contributed by atoms with Gasteiger partial charge in [0.2, 0.25) is 0 Å². The smallest absolute Gasteiger partial charge is 0.261 e. The lowest BCUT2D eigenvalue weighted by atomic mass is 10.0. The Morgan fingerprint density at radius 3 is 2.60 bits per heavy atom. The van der Waals surface area contributed by atoms with Gasteiger partial charge in [-0.3, -0.25) is 9.59 Å². The molecule has 1 rings (SSSR count). The summed E-state index contributed by atoms with van der Waals surface area (Å²) in [6.07, 6.45) is 3.66. The van der Waals surface area contributed by atoms with E-state index in [1.54, 1.807) is 6.07 Å².